The monoisotopic (exact) mass is 441 g/mol. The molecule has 0 unspecified atom stereocenters. The summed E-state index contributed by atoms with van der Waals surface area (Å²) in [5.41, 5.74) is 2.41. The number of carbonyl (C=O) groups excluding carboxylic acids is 1. The summed E-state index contributed by atoms with van der Waals surface area (Å²) in [7, 11) is 0. The fourth-order valence-corrected chi connectivity index (χ4v) is 4.07. The molecule has 0 atom stereocenters. The van der Waals surface area contributed by atoms with Gasteiger partial charge in [-0.1, -0.05) is 6.07 Å². The zero-order chi connectivity index (χ0) is 22.8. The van der Waals surface area contributed by atoms with Gasteiger partial charge in [-0.15, -0.1) is 0 Å². The molecule has 1 fully saturated rings. The lowest BCUT2D eigenvalue weighted by molar-refractivity contribution is 0.0745. The quantitative estimate of drug-likeness (QED) is 0.477. The van der Waals surface area contributed by atoms with Crippen molar-refractivity contribution >= 4 is 22.8 Å². The van der Waals surface area contributed by atoms with E-state index in [9.17, 15) is 9.59 Å². The number of hydrogen-bond acceptors (Lipinski definition) is 7. The lowest BCUT2D eigenvalue weighted by atomic mass is 10.1. The summed E-state index contributed by atoms with van der Waals surface area (Å²) in [6.07, 6.45) is 8.59. The molecule has 9 heteroatoms. The molecule has 0 saturated carbocycles. The molecule has 166 valence electrons. The number of piperazine rings is 1. The van der Waals surface area contributed by atoms with Crippen molar-refractivity contribution < 1.29 is 4.79 Å². The summed E-state index contributed by atoms with van der Waals surface area (Å²) in [5.74, 6) is 0.555. The van der Waals surface area contributed by atoms with Gasteiger partial charge in [0.2, 0.25) is 5.95 Å². The molecule has 1 saturated heterocycles. The van der Waals surface area contributed by atoms with Crippen molar-refractivity contribution in [3.05, 3.63) is 88.5 Å². The standard InChI is InChI=1S/C24H23N7O2/c1-17-19(22(32)29-10-12-30(13-11-29)24-26-7-3-8-27-24)14-20-21(28-17)5-9-31(23(20)33)16-18-4-2-6-25-15-18/h2-9,14-15H,10-13,16H2,1H3. The van der Waals surface area contributed by atoms with E-state index in [1.807, 2.05) is 25.1 Å². The maximum atomic E-state index is 13.3. The van der Waals surface area contributed by atoms with Gasteiger partial charge >= 0.3 is 0 Å². The van der Waals surface area contributed by atoms with Crippen LogP contribution >= 0.6 is 0 Å². The van der Waals surface area contributed by atoms with Gasteiger partial charge in [-0.2, -0.15) is 0 Å². The number of rotatable bonds is 4. The van der Waals surface area contributed by atoms with Crippen LogP contribution < -0.4 is 10.5 Å². The van der Waals surface area contributed by atoms with Gasteiger partial charge in [0.05, 0.1) is 28.7 Å². The van der Waals surface area contributed by atoms with E-state index >= 15 is 0 Å². The van der Waals surface area contributed by atoms with Gasteiger partial charge in [0.15, 0.2) is 0 Å². The molecule has 9 nitrogen and oxygen atoms in total. The van der Waals surface area contributed by atoms with Crippen molar-refractivity contribution in [3.8, 4) is 0 Å². The third-order valence-corrected chi connectivity index (χ3v) is 5.85. The predicted molar refractivity (Wildman–Crippen MR) is 124 cm³/mol. The van der Waals surface area contributed by atoms with Crippen molar-refractivity contribution in [2.45, 2.75) is 13.5 Å². The smallest absolute Gasteiger partial charge is 0.260 e. The second-order valence-electron chi connectivity index (χ2n) is 7.99. The van der Waals surface area contributed by atoms with Gasteiger partial charge in [0.1, 0.15) is 0 Å². The number of nitrogens with zero attached hydrogens (tertiary/aromatic N) is 7. The average Bonchev–Trinajstić information content (AvgIpc) is 2.86. The normalized spacial score (nSPS) is 14.0. The van der Waals surface area contributed by atoms with Gasteiger partial charge in [0.25, 0.3) is 11.5 Å². The molecule has 1 amide bonds. The van der Waals surface area contributed by atoms with E-state index < -0.39 is 0 Å². The number of carbonyl (C=O) groups is 1. The Hall–Kier alpha value is -4.14. The zero-order valence-electron chi connectivity index (χ0n) is 18.3. The summed E-state index contributed by atoms with van der Waals surface area (Å²) >= 11 is 0. The van der Waals surface area contributed by atoms with Crippen molar-refractivity contribution in [3.63, 3.8) is 0 Å². The highest BCUT2D eigenvalue weighted by molar-refractivity contribution is 5.98. The molecular weight excluding hydrogens is 418 g/mol. The minimum Gasteiger partial charge on any atom is -0.337 e. The van der Waals surface area contributed by atoms with Crippen LogP contribution in [0.2, 0.25) is 0 Å². The van der Waals surface area contributed by atoms with Crippen LogP contribution in [0.5, 0.6) is 0 Å². The molecule has 0 aromatic carbocycles. The number of fused-ring (bicyclic) bond motifs is 1. The summed E-state index contributed by atoms with van der Waals surface area (Å²) < 4.78 is 1.61. The van der Waals surface area contributed by atoms with Crippen LogP contribution in [0.1, 0.15) is 21.6 Å². The molecule has 0 bridgehead atoms. The minimum absolute atomic E-state index is 0.113. The van der Waals surface area contributed by atoms with Crippen molar-refractivity contribution in [2.24, 2.45) is 0 Å². The van der Waals surface area contributed by atoms with Crippen LogP contribution in [-0.4, -0.2) is 61.5 Å². The fourth-order valence-electron chi connectivity index (χ4n) is 4.07. The van der Waals surface area contributed by atoms with Gasteiger partial charge in [-0.05, 0) is 36.8 Å². The topological polar surface area (TPSA) is 97.1 Å². The summed E-state index contributed by atoms with van der Waals surface area (Å²) in [4.78, 5) is 47.6. The minimum atomic E-state index is -0.177. The maximum absolute atomic E-state index is 13.3. The van der Waals surface area contributed by atoms with E-state index in [2.05, 4.69) is 24.8 Å². The number of aryl methyl sites for hydroxylation is 1. The predicted octanol–water partition coefficient (Wildman–Crippen LogP) is 1.90. The van der Waals surface area contributed by atoms with Crippen LogP contribution in [0, 0.1) is 6.92 Å². The fraction of sp³-hybridized carbons (Fsp3) is 0.250. The van der Waals surface area contributed by atoms with Crippen LogP contribution in [0.25, 0.3) is 10.9 Å². The van der Waals surface area contributed by atoms with E-state index in [4.69, 9.17) is 0 Å². The van der Waals surface area contributed by atoms with E-state index in [0.29, 0.717) is 60.8 Å². The third kappa shape index (κ3) is 4.17. The Bertz CT molecular complexity index is 1350. The summed E-state index contributed by atoms with van der Waals surface area (Å²) in [6.45, 7) is 4.61. The number of pyridine rings is 3. The van der Waals surface area contributed by atoms with Gasteiger partial charge in [0, 0.05) is 57.2 Å². The Kier molecular flexibility index (Phi) is 5.52. The average molecular weight is 441 g/mol. The third-order valence-electron chi connectivity index (χ3n) is 5.85. The van der Waals surface area contributed by atoms with Gasteiger partial charge < -0.3 is 14.4 Å². The van der Waals surface area contributed by atoms with E-state index in [0.717, 1.165) is 5.56 Å². The highest BCUT2D eigenvalue weighted by Gasteiger charge is 2.25. The molecule has 5 heterocycles. The number of anilines is 1. The number of amides is 1. The molecule has 0 N–H and O–H groups in total. The van der Waals surface area contributed by atoms with Crippen molar-refractivity contribution in [2.75, 3.05) is 31.1 Å². The zero-order valence-corrected chi connectivity index (χ0v) is 18.3. The van der Waals surface area contributed by atoms with Crippen molar-refractivity contribution in [1.29, 1.82) is 0 Å². The second kappa shape index (κ2) is 8.78. The highest BCUT2D eigenvalue weighted by Crippen LogP contribution is 2.18. The Balaban J connectivity index is 1.39. The van der Waals surface area contributed by atoms with Crippen LogP contribution in [0.15, 0.2) is 66.1 Å². The first-order valence-electron chi connectivity index (χ1n) is 10.8. The van der Waals surface area contributed by atoms with E-state index in [-0.39, 0.29) is 11.5 Å². The number of hydrogen-bond donors (Lipinski definition) is 0. The summed E-state index contributed by atoms with van der Waals surface area (Å²) in [6, 6.07) is 9.05. The molecule has 4 aromatic rings. The molecule has 1 aliphatic rings. The number of aromatic nitrogens is 5. The van der Waals surface area contributed by atoms with E-state index in [1.165, 1.54) is 0 Å². The largest absolute Gasteiger partial charge is 0.337 e. The first kappa shape index (κ1) is 20.7. The van der Waals surface area contributed by atoms with Crippen LogP contribution in [-0.2, 0) is 6.54 Å². The van der Waals surface area contributed by atoms with Crippen molar-refractivity contribution in [1.82, 2.24) is 29.4 Å². The lowest BCUT2D eigenvalue weighted by Gasteiger charge is -2.34. The first-order valence-corrected chi connectivity index (χ1v) is 10.8. The Morgan fingerprint density at radius 3 is 2.55 bits per heavy atom. The molecule has 33 heavy (non-hydrogen) atoms. The second-order valence-corrected chi connectivity index (χ2v) is 7.99. The molecule has 4 aromatic heterocycles. The Morgan fingerprint density at radius 1 is 1.03 bits per heavy atom. The molecule has 0 aliphatic carbocycles. The van der Waals surface area contributed by atoms with Crippen LogP contribution in [0.4, 0.5) is 5.95 Å². The molecule has 5 rings (SSSR count). The highest BCUT2D eigenvalue weighted by atomic mass is 16.2. The summed E-state index contributed by atoms with van der Waals surface area (Å²) in [5, 5.41) is 0.437. The van der Waals surface area contributed by atoms with Gasteiger partial charge in [-0.3, -0.25) is 19.6 Å². The lowest BCUT2D eigenvalue weighted by Crippen LogP contribution is -2.49. The molecule has 0 spiro atoms. The van der Waals surface area contributed by atoms with Gasteiger partial charge in [-0.25, -0.2) is 9.97 Å². The SMILES string of the molecule is Cc1nc2ccn(Cc3cccnc3)c(=O)c2cc1C(=O)N1CCN(c2ncccn2)CC1. The molecular formula is C24H23N7O2. The van der Waals surface area contributed by atoms with E-state index in [1.54, 1.807) is 52.6 Å². The Morgan fingerprint density at radius 2 is 1.82 bits per heavy atom. The molecule has 1 aliphatic heterocycles. The molecule has 0 radical (unpaired) electrons. The van der Waals surface area contributed by atoms with Crippen LogP contribution in [0.3, 0.4) is 0 Å². The first-order chi connectivity index (χ1) is 16.1. The Labute approximate surface area is 190 Å². The maximum Gasteiger partial charge on any atom is 0.260 e.